The van der Waals surface area contributed by atoms with Crippen LogP contribution in [0.4, 0.5) is 0 Å². The first-order valence-electron chi connectivity index (χ1n) is 8.39. The number of pyridine rings is 1. The van der Waals surface area contributed by atoms with E-state index in [0.717, 1.165) is 45.9 Å². The standard InChI is InChI=1S/C19H22N4OS/c1-3-8-25-19-20-10-14(11-21-19)12-23(2)13-15-9-18(24)22-17-7-5-4-6-16(15)17/h4-7,9-11H,3,8,12-13H2,1-2H3,(H,22,24). The minimum atomic E-state index is -0.0669. The normalized spacial score (nSPS) is 11.3. The number of nitrogens with zero attached hydrogens (tertiary/aromatic N) is 3. The van der Waals surface area contributed by atoms with Crippen molar-refractivity contribution in [3.63, 3.8) is 0 Å². The predicted molar refractivity (Wildman–Crippen MR) is 103 cm³/mol. The van der Waals surface area contributed by atoms with Crippen LogP contribution < -0.4 is 5.56 Å². The third-order valence-electron chi connectivity index (χ3n) is 3.85. The molecule has 2 aromatic heterocycles. The van der Waals surface area contributed by atoms with E-state index in [1.165, 1.54) is 0 Å². The van der Waals surface area contributed by atoms with Crippen LogP contribution in [0, 0.1) is 0 Å². The molecule has 0 spiro atoms. The molecular weight excluding hydrogens is 332 g/mol. The fourth-order valence-electron chi connectivity index (χ4n) is 2.76. The van der Waals surface area contributed by atoms with Crippen LogP contribution in [0.1, 0.15) is 24.5 Å². The second-order valence-corrected chi connectivity index (χ2v) is 7.16. The van der Waals surface area contributed by atoms with Crippen molar-refractivity contribution in [3.8, 4) is 0 Å². The van der Waals surface area contributed by atoms with Gasteiger partial charge in [-0.3, -0.25) is 9.69 Å². The lowest BCUT2D eigenvalue weighted by atomic mass is 10.1. The van der Waals surface area contributed by atoms with Gasteiger partial charge in [0.25, 0.3) is 0 Å². The average molecular weight is 354 g/mol. The minimum Gasteiger partial charge on any atom is -0.322 e. The number of aromatic nitrogens is 3. The van der Waals surface area contributed by atoms with Crippen LogP contribution in [-0.2, 0) is 13.1 Å². The van der Waals surface area contributed by atoms with Gasteiger partial charge in [-0.05, 0) is 25.1 Å². The van der Waals surface area contributed by atoms with Gasteiger partial charge in [0.05, 0.1) is 0 Å². The number of para-hydroxylation sites is 1. The lowest BCUT2D eigenvalue weighted by Crippen LogP contribution is -2.19. The molecule has 2 heterocycles. The van der Waals surface area contributed by atoms with Crippen LogP contribution in [0.15, 0.2) is 52.7 Å². The summed E-state index contributed by atoms with van der Waals surface area (Å²) in [5.74, 6) is 1.04. The molecule has 1 aromatic carbocycles. The number of H-pyrrole nitrogens is 1. The van der Waals surface area contributed by atoms with Crippen molar-refractivity contribution in [2.24, 2.45) is 0 Å². The van der Waals surface area contributed by atoms with Crippen molar-refractivity contribution in [1.82, 2.24) is 19.9 Å². The Morgan fingerprint density at radius 3 is 2.68 bits per heavy atom. The van der Waals surface area contributed by atoms with E-state index in [4.69, 9.17) is 0 Å². The van der Waals surface area contributed by atoms with Gasteiger partial charge in [0, 0.05) is 53.8 Å². The number of hydrogen-bond acceptors (Lipinski definition) is 5. The van der Waals surface area contributed by atoms with E-state index >= 15 is 0 Å². The molecule has 5 nitrogen and oxygen atoms in total. The molecule has 0 saturated heterocycles. The first kappa shape index (κ1) is 17.6. The number of nitrogens with one attached hydrogen (secondary N) is 1. The summed E-state index contributed by atoms with van der Waals surface area (Å²) in [7, 11) is 2.04. The van der Waals surface area contributed by atoms with Crippen LogP contribution in [-0.4, -0.2) is 32.7 Å². The van der Waals surface area contributed by atoms with Crippen molar-refractivity contribution < 1.29 is 0 Å². The summed E-state index contributed by atoms with van der Waals surface area (Å²) in [6.07, 6.45) is 4.89. The molecule has 6 heteroatoms. The first-order chi connectivity index (χ1) is 12.2. The Labute approximate surface area is 151 Å². The quantitative estimate of drug-likeness (QED) is 0.520. The Bertz CT molecular complexity index is 892. The Kier molecular flexibility index (Phi) is 5.83. The van der Waals surface area contributed by atoms with E-state index in [-0.39, 0.29) is 5.56 Å². The summed E-state index contributed by atoms with van der Waals surface area (Å²) in [5.41, 5.74) is 2.90. The Morgan fingerprint density at radius 2 is 1.92 bits per heavy atom. The van der Waals surface area contributed by atoms with Crippen LogP contribution >= 0.6 is 11.8 Å². The molecule has 0 fully saturated rings. The smallest absolute Gasteiger partial charge is 0.248 e. The molecule has 0 aliphatic carbocycles. The molecular formula is C19H22N4OS. The van der Waals surface area contributed by atoms with Crippen LogP contribution in [0.2, 0.25) is 0 Å². The van der Waals surface area contributed by atoms with E-state index in [9.17, 15) is 4.79 Å². The molecule has 130 valence electrons. The zero-order valence-corrected chi connectivity index (χ0v) is 15.3. The summed E-state index contributed by atoms with van der Waals surface area (Å²) in [6, 6.07) is 9.57. The van der Waals surface area contributed by atoms with Crippen molar-refractivity contribution in [1.29, 1.82) is 0 Å². The summed E-state index contributed by atoms with van der Waals surface area (Å²) < 4.78 is 0. The molecule has 0 atom stereocenters. The van der Waals surface area contributed by atoms with Gasteiger partial charge >= 0.3 is 0 Å². The number of aromatic amines is 1. The summed E-state index contributed by atoms with van der Waals surface area (Å²) in [4.78, 5) is 25.7. The summed E-state index contributed by atoms with van der Waals surface area (Å²) >= 11 is 1.68. The number of benzene rings is 1. The molecule has 0 saturated carbocycles. The molecule has 0 bridgehead atoms. The van der Waals surface area contributed by atoms with Gasteiger partial charge < -0.3 is 4.98 Å². The van der Waals surface area contributed by atoms with Crippen LogP contribution in [0.5, 0.6) is 0 Å². The monoisotopic (exact) mass is 354 g/mol. The topological polar surface area (TPSA) is 61.9 Å². The molecule has 0 amide bonds. The van der Waals surface area contributed by atoms with E-state index in [0.29, 0.717) is 6.54 Å². The highest BCUT2D eigenvalue weighted by Gasteiger charge is 2.08. The number of thioether (sulfide) groups is 1. The molecule has 3 aromatic rings. The van der Waals surface area contributed by atoms with Gasteiger partial charge in [0.1, 0.15) is 0 Å². The third-order valence-corrected chi connectivity index (χ3v) is 4.93. The number of fused-ring (bicyclic) bond motifs is 1. The van der Waals surface area contributed by atoms with Crippen LogP contribution in [0.25, 0.3) is 10.9 Å². The average Bonchev–Trinajstić information content (AvgIpc) is 2.61. The Balaban J connectivity index is 1.70. The minimum absolute atomic E-state index is 0.0669. The summed E-state index contributed by atoms with van der Waals surface area (Å²) in [5, 5.41) is 1.91. The highest BCUT2D eigenvalue weighted by atomic mass is 32.2. The van der Waals surface area contributed by atoms with Gasteiger partial charge in [-0.15, -0.1) is 0 Å². The van der Waals surface area contributed by atoms with E-state index in [1.807, 2.05) is 43.7 Å². The van der Waals surface area contributed by atoms with Gasteiger partial charge in [-0.1, -0.05) is 36.9 Å². The maximum Gasteiger partial charge on any atom is 0.248 e. The van der Waals surface area contributed by atoms with E-state index in [1.54, 1.807) is 17.8 Å². The van der Waals surface area contributed by atoms with E-state index < -0.39 is 0 Å². The van der Waals surface area contributed by atoms with Crippen molar-refractivity contribution >= 4 is 22.7 Å². The predicted octanol–water partition coefficient (Wildman–Crippen LogP) is 3.45. The zero-order valence-electron chi connectivity index (χ0n) is 14.5. The Morgan fingerprint density at radius 1 is 1.16 bits per heavy atom. The molecule has 3 rings (SSSR count). The second-order valence-electron chi connectivity index (χ2n) is 6.10. The zero-order chi connectivity index (χ0) is 17.6. The number of hydrogen-bond donors (Lipinski definition) is 1. The first-order valence-corrected chi connectivity index (χ1v) is 9.37. The van der Waals surface area contributed by atoms with Gasteiger partial charge in [0.2, 0.25) is 5.56 Å². The third kappa shape index (κ3) is 4.67. The second kappa shape index (κ2) is 8.27. The SMILES string of the molecule is CCCSc1ncc(CN(C)Cc2cc(=O)[nH]c3ccccc23)cn1. The van der Waals surface area contributed by atoms with Gasteiger partial charge in [-0.25, -0.2) is 9.97 Å². The Hall–Kier alpha value is -2.18. The highest BCUT2D eigenvalue weighted by Crippen LogP contribution is 2.17. The number of rotatable bonds is 7. The fraction of sp³-hybridized carbons (Fsp3) is 0.316. The van der Waals surface area contributed by atoms with Crippen LogP contribution in [0.3, 0.4) is 0 Å². The summed E-state index contributed by atoms with van der Waals surface area (Å²) in [6.45, 7) is 3.57. The maximum atomic E-state index is 11.9. The molecule has 0 unspecified atom stereocenters. The van der Waals surface area contributed by atoms with Crippen molar-refractivity contribution in [2.75, 3.05) is 12.8 Å². The van der Waals surface area contributed by atoms with Gasteiger partial charge in [0.15, 0.2) is 5.16 Å². The lowest BCUT2D eigenvalue weighted by Gasteiger charge is -2.17. The van der Waals surface area contributed by atoms with E-state index in [2.05, 4.69) is 26.8 Å². The highest BCUT2D eigenvalue weighted by molar-refractivity contribution is 7.99. The lowest BCUT2D eigenvalue weighted by molar-refractivity contribution is 0.319. The maximum absolute atomic E-state index is 11.9. The molecule has 0 radical (unpaired) electrons. The molecule has 0 aliphatic rings. The molecule has 0 aliphatic heterocycles. The van der Waals surface area contributed by atoms with Gasteiger partial charge in [-0.2, -0.15) is 0 Å². The fourth-order valence-corrected chi connectivity index (χ4v) is 3.40. The largest absolute Gasteiger partial charge is 0.322 e. The molecule has 1 N–H and O–H groups in total. The van der Waals surface area contributed by atoms with Crippen molar-refractivity contribution in [3.05, 3.63) is 64.2 Å². The molecule has 25 heavy (non-hydrogen) atoms. The van der Waals surface area contributed by atoms with Crippen molar-refractivity contribution in [2.45, 2.75) is 31.6 Å².